The Morgan fingerprint density at radius 3 is 2.72 bits per heavy atom. The molecular weight excluding hydrogens is 577 g/mol. The summed E-state index contributed by atoms with van der Waals surface area (Å²) >= 11 is 6.13. The molecule has 4 aromatic rings. The van der Waals surface area contributed by atoms with Crippen LogP contribution in [0.4, 0.5) is 4.39 Å². The second-order valence-electron chi connectivity index (χ2n) is 11.2. The summed E-state index contributed by atoms with van der Waals surface area (Å²) in [6.07, 6.45) is 4.94. The maximum atomic E-state index is 14.0. The van der Waals surface area contributed by atoms with Crippen molar-refractivity contribution in [2.75, 3.05) is 26.9 Å². The van der Waals surface area contributed by atoms with E-state index in [2.05, 4.69) is 4.98 Å². The van der Waals surface area contributed by atoms with E-state index in [9.17, 15) is 14.3 Å². The number of carbonyl (C=O) groups excluding carboxylic acids is 1. The van der Waals surface area contributed by atoms with Crippen molar-refractivity contribution in [2.45, 2.75) is 44.2 Å². The van der Waals surface area contributed by atoms with Gasteiger partial charge in [-0.05, 0) is 48.9 Å². The van der Waals surface area contributed by atoms with Gasteiger partial charge in [0, 0.05) is 40.9 Å². The fraction of sp³-hybridized carbons (Fsp3) is 0.344. The molecule has 1 unspecified atom stereocenters. The molecule has 0 spiro atoms. The number of hydrogen-bond donors (Lipinski definition) is 2. The quantitative estimate of drug-likeness (QED) is 0.207. The Bertz CT molecular complexity index is 1630. The standard InChI is InChI=1S/C32H33ClFN3O6/c1-31(2)18-43-30-22(31)16-28(36-29(30)21-4-6-24(34)23(33)14-21)32(40,17-37-11-10-35-19-37)9-8-25(39)20-5-7-26(42-13-12-38)27(15-20)41-3/h4-7,10-11,14-16,19,38,40H,8-9,12-13,17-18H2,1-3H3. The summed E-state index contributed by atoms with van der Waals surface area (Å²) in [6, 6.07) is 11.0. The molecule has 0 radical (unpaired) electrons. The minimum atomic E-state index is -1.60. The van der Waals surface area contributed by atoms with Gasteiger partial charge >= 0.3 is 0 Å². The van der Waals surface area contributed by atoms with Crippen molar-refractivity contribution in [3.05, 3.63) is 88.8 Å². The summed E-state index contributed by atoms with van der Waals surface area (Å²) in [4.78, 5) is 22.4. The third-order valence-corrected chi connectivity index (χ3v) is 7.84. The van der Waals surface area contributed by atoms with Crippen molar-refractivity contribution >= 4 is 17.4 Å². The highest BCUT2D eigenvalue weighted by atomic mass is 35.5. The molecule has 1 atom stereocenters. The second-order valence-corrected chi connectivity index (χ2v) is 11.6. The van der Waals surface area contributed by atoms with Gasteiger partial charge in [0.25, 0.3) is 0 Å². The second kappa shape index (κ2) is 12.3. The maximum absolute atomic E-state index is 14.0. The molecule has 2 aromatic carbocycles. The Labute approximate surface area is 253 Å². The number of aromatic nitrogens is 3. The maximum Gasteiger partial charge on any atom is 0.163 e. The lowest BCUT2D eigenvalue weighted by atomic mass is 9.83. The van der Waals surface area contributed by atoms with Gasteiger partial charge in [0.2, 0.25) is 0 Å². The summed E-state index contributed by atoms with van der Waals surface area (Å²) in [7, 11) is 1.47. The van der Waals surface area contributed by atoms with Crippen molar-refractivity contribution in [2.24, 2.45) is 0 Å². The van der Waals surface area contributed by atoms with Crippen LogP contribution in [0.5, 0.6) is 17.2 Å². The Morgan fingerprint density at radius 2 is 2.02 bits per heavy atom. The van der Waals surface area contributed by atoms with E-state index in [1.54, 1.807) is 47.6 Å². The number of aliphatic hydroxyl groups is 2. The van der Waals surface area contributed by atoms with Crippen molar-refractivity contribution in [3.8, 4) is 28.5 Å². The first-order valence-electron chi connectivity index (χ1n) is 13.8. The number of nitrogens with zero attached hydrogens (tertiary/aromatic N) is 3. The number of carbonyl (C=O) groups is 1. The number of hydrogen-bond acceptors (Lipinski definition) is 8. The Hall–Kier alpha value is -3.99. The van der Waals surface area contributed by atoms with E-state index < -0.39 is 16.8 Å². The van der Waals surface area contributed by atoms with E-state index >= 15 is 0 Å². The molecule has 0 fully saturated rings. The molecular formula is C32H33ClFN3O6. The van der Waals surface area contributed by atoms with Gasteiger partial charge in [-0.15, -0.1) is 0 Å². The molecule has 1 aliphatic heterocycles. The first kappa shape index (κ1) is 30.5. The van der Waals surface area contributed by atoms with Gasteiger partial charge < -0.3 is 29.0 Å². The number of fused-ring (bicyclic) bond motifs is 1. The molecule has 0 aliphatic carbocycles. The van der Waals surface area contributed by atoms with Crippen LogP contribution in [-0.2, 0) is 17.6 Å². The van der Waals surface area contributed by atoms with Crippen molar-refractivity contribution < 1.29 is 33.6 Å². The van der Waals surface area contributed by atoms with Gasteiger partial charge in [-0.2, -0.15) is 0 Å². The molecule has 11 heteroatoms. The van der Waals surface area contributed by atoms with E-state index in [-0.39, 0.29) is 43.4 Å². The number of methoxy groups -OCH3 is 1. The lowest BCUT2D eigenvalue weighted by molar-refractivity contribution is 0.00415. The number of rotatable bonds is 12. The molecule has 5 rings (SSSR count). The van der Waals surface area contributed by atoms with Gasteiger partial charge in [0.05, 0.1) is 43.9 Å². The van der Waals surface area contributed by atoms with Crippen molar-refractivity contribution in [1.29, 1.82) is 0 Å². The third-order valence-electron chi connectivity index (χ3n) is 7.55. The lowest BCUT2D eigenvalue weighted by Crippen LogP contribution is -2.33. The smallest absolute Gasteiger partial charge is 0.163 e. The van der Waals surface area contributed by atoms with Crippen LogP contribution >= 0.6 is 11.6 Å². The minimum absolute atomic E-state index is 0.0123. The van der Waals surface area contributed by atoms with Crippen molar-refractivity contribution in [1.82, 2.24) is 14.5 Å². The van der Waals surface area contributed by atoms with Gasteiger partial charge in [-0.1, -0.05) is 25.4 Å². The number of ether oxygens (including phenoxy) is 3. The average molecular weight is 610 g/mol. The number of aliphatic hydroxyl groups excluding tert-OH is 1. The first-order chi connectivity index (χ1) is 20.5. The van der Waals surface area contributed by atoms with Crippen LogP contribution in [0.1, 0.15) is 48.3 Å². The number of Topliss-reactive ketones (excluding diaryl/α,β-unsaturated/α-hetero) is 1. The average Bonchev–Trinajstić information content (AvgIpc) is 3.62. The van der Waals surface area contributed by atoms with Crippen LogP contribution in [0.2, 0.25) is 5.02 Å². The first-order valence-corrected chi connectivity index (χ1v) is 14.2. The predicted octanol–water partition coefficient (Wildman–Crippen LogP) is 5.34. The molecule has 226 valence electrons. The van der Waals surface area contributed by atoms with E-state index in [0.717, 1.165) is 5.56 Å². The topological polar surface area (TPSA) is 116 Å². The number of ketones is 1. The highest BCUT2D eigenvalue weighted by Crippen LogP contribution is 2.46. The van der Waals surface area contributed by atoms with E-state index in [1.807, 2.05) is 19.9 Å². The SMILES string of the molecule is COc1cc(C(=O)CCC(O)(Cn2ccnc2)c2cc3c(c(-c4ccc(F)c(Cl)c4)n2)OCC3(C)C)ccc1OCCO. The number of pyridine rings is 1. The zero-order valence-electron chi connectivity index (χ0n) is 24.1. The molecule has 9 nitrogen and oxygen atoms in total. The van der Waals surface area contributed by atoms with Crippen molar-refractivity contribution in [3.63, 3.8) is 0 Å². The van der Waals surface area contributed by atoms with Crippen LogP contribution in [-0.4, -0.2) is 57.5 Å². The Morgan fingerprint density at radius 1 is 1.21 bits per heavy atom. The molecule has 0 amide bonds. The van der Waals surface area contributed by atoms with Crippen LogP contribution in [0.15, 0.2) is 61.2 Å². The normalized spacial score (nSPS) is 15.0. The predicted molar refractivity (Wildman–Crippen MR) is 158 cm³/mol. The third kappa shape index (κ3) is 6.36. The van der Waals surface area contributed by atoms with Gasteiger partial charge in [0.15, 0.2) is 17.3 Å². The van der Waals surface area contributed by atoms with Crippen LogP contribution in [0, 0.1) is 5.82 Å². The van der Waals surface area contributed by atoms with Gasteiger partial charge in [-0.25, -0.2) is 14.4 Å². The Balaban J connectivity index is 1.53. The number of imidazole rings is 1. The van der Waals surface area contributed by atoms with E-state index in [4.69, 9.17) is 35.9 Å². The summed E-state index contributed by atoms with van der Waals surface area (Å²) in [6.45, 7) is 4.47. The number of benzene rings is 2. The largest absolute Gasteiger partial charge is 0.493 e. The molecule has 3 heterocycles. The summed E-state index contributed by atoms with van der Waals surface area (Å²) < 4.78 is 32.7. The zero-order chi connectivity index (χ0) is 30.8. The summed E-state index contributed by atoms with van der Waals surface area (Å²) in [5, 5.41) is 21.3. The minimum Gasteiger partial charge on any atom is -0.493 e. The van der Waals surface area contributed by atoms with Crippen LogP contribution in [0.3, 0.4) is 0 Å². The van der Waals surface area contributed by atoms with E-state index in [1.165, 1.54) is 19.2 Å². The van der Waals surface area contributed by atoms with Crippen LogP contribution in [0.25, 0.3) is 11.3 Å². The molecule has 0 saturated carbocycles. The molecule has 43 heavy (non-hydrogen) atoms. The molecule has 2 N–H and O–H groups in total. The summed E-state index contributed by atoms with van der Waals surface area (Å²) in [5.41, 5.74) is 0.539. The highest BCUT2D eigenvalue weighted by molar-refractivity contribution is 6.31. The van der Waals surface area contributed by atoms with Crippen LogP contribution < -0.4 is 14.2 Å². The fourth-order valence-electron chi connectivity index (χ4n) is 5.14. The zero-order valence-corrected chi connectivity index (χ0v) is 24.9. The molecule has 0 saturated heterocycles. The Kier molecular flexibility index (Phi) is 8.73. The highest BCUT2D eigenvalue weighted by Gasteiger charge is 2.40. The monoisotopic (exact) mass is 609 g/mol. The molecule has 0 bridgehead atoms. The fourth-order valence-corrected chi connectivity index (χ4v) is 5.32. The molecule has 2 aromatic heterocycles. The molecule has 1 aliphatic rings. The lowest BCUT2D eigenvalue weighted by Gasteiger charge is -2.30. The summed E-state index contributed by atoms with van der Waals surface area (Å²) in [5.74, 6) is 0.544. The van der Waals surface area contributed by atoms with Gasteiger partial charge in [-0.3, -0.25) is 4.79 Å². The number of halogens is 2. The van der Waals surface area contributed by atoms with E-state index in [0.29, 0.717) is 46.4 Å². The van der Waals surface area contributed by atoms with Gasteiger partial charge in [0.1, 0.15) is 29.5 Å².